The number of nitrogens with one attached hydrogen (secondary N) is 13. The van der Waals surface area contributed by atoms with Crippen molar-refractivity contribution in [2.24, 2.45) is 11.5 Å². The summed E-state index contributed by atoms with van der Waals surface area (Å²) in [6.07, 6.45) is -4.61. The molecule has 0 radical (unpaired) electrons. The number of imide groups is 1. The molecule has 6 aliphatic heterocycles. The fourth-order valence-electron chi connectivity index (χ4n) is 10.0. The molecule has 6 fully saturated rings. The van der Waals surface area contributed by atoms with Crippen LogP contribution in [0.5, 0.6) is 11.5 Å². The number of rotatable bonds is 12. The molecule has 14 atom stereocenters. The van der Waals surface area contributed by atoms with E-state index in [9.17, 15) is 107 Å². The molecule has 16 amide bonds. The van der Waals surface area contributed by atoms with Crippen molar-refractivity contribution < 1.29 is 107 Å². The van der Waals surface area contributed by atoms with Crippen molar-refractivity contribution in [2.75, 3.05) is 46.9 Å². The first-order valence-corrected chi connectivity index (χ1v) is 38.6. The molecule has 44 heteroatoms. The summed E-state index contributed by atoms with van der Waals surface area (Å²) in [6, 6.07) is -12.8. The zero-order chi connectivity index (χ0) is 75.8. The second-order valence-corrected chi connectivity index (χ2v) is 31.0. The van der Waals surface area contributed by atoms with E-state index in [0.717, 1.165) is 76.0 Å². The predicted octanol–water partition coefficient (Wildman–Crippen LogP) is -6.10. The van der Waals surface area contributed by atoms with Gasteiger partial charge in [0.1, 0.15) is 71.9 Å². The van der Waals surface area contributed by atoms with Crippen LogP contribution >= 0.6 is 66.7 Å². The van der Waals surface area contributed by atoms with Crippen LogP contribution in [0.3, 0.4) is 0 Å². The van der Waals surface area contributed by atoms with Crippen LogP contribution < -0.4 is 80.6 Å². The summed E-state index contributed by atoms with van der Waals surface area (Å²) in [5.74, 6) is -22.3. The van der Waals surface area contributed by atoms with Gasteiger partial charge in [-0.1, -0.05) is 67.4 Å². The lowest BCUT2D eigenvalue weighted by Crippen LogP contribution is -2.61. The zero-order valence-corrected chi connectivity index (χ0v) is 59.7. The number of hydrogen-bond donors (Lipinski definition) is 20. The third-order valence-electron chi connectivity index (χ3n) is 15.5. The molecule has 2 aromatic rings. The monoisotopic (exact) mass is 1550 g/mol. The first-order chi connectivity index (χ1) is 48.8. The molecule has 6 heterocycles. The van der Waals surface area contributed by atoms with E-state index in [0.29, 0.717) is 21.6 Å². The van der Waals surface area contributed by atoms with Crippen LogP contribution in [0.1, 0.15) is 63.1 Å². The van der Waals surface area contributed by atoms with Crippen LogP contribution in [-0.4, -0.2) is 256 Å². The first-order valence-electron chi connectivity index (χ1n) is 31.4. The van der Waals surface area contributed by atoms with E-state index < -0.39 is 240 Å². The van der Waals surface area contributed by atoms with Gasteiger partial charge in [-0.05, 0) is 68.5 Å². The van der Waals surface area contributed by atoms with Crippen molar-refractivity contribution in [1.29, 1.82) is 0 Å². The van der Waals surface area contributed by atoms with Crippen molar-refractivity contribution >= 4 is 167 Å². The average Bonchev–Trinajstić information content (AvgIpc) is 1.80. The summed E-state index contributed by atoms with van der Waals surface area (Å²) in [4.78, 5) is 240. The number of aliphatic hydroxyl groups excluding tert-OH is 1. The molecule has 4 bridgehead atoms. The summed E-state index contributed by atoms with van der Waals surface area (Å²) >= 11 is 1.71. The SMILES string of the molecule is CC1NC(=O)C2CCCN2C(=O)C(CC(N)=O)NC(=O)C2CSSCC(N)C(=O)NC3CSSC(NC1=O)C(=O)NC(C(C)O)C(=O)NCC(=O)NC(C(=O)NC(C(=O)O)c1ccc(O)cc1)CSCSCC(NC(=O)NC(=O)C(Cc1ccc(O)cc1)NC(=O)C(CCC(=O)O)NC3=O)C(=O)N2. The van der Waals surface area contributed by atoms with Crippen LogP contribution in [-0.2, 0) is 83.1 Å². The smallest absolute Gasteiger partial charge is 0.330 e. The van der Waals surface area contributed by atoms with Gasteiger partial charge in [0.05, 0.1) is 25.1 Å². The Morgan fingerprint density at radius 3 is 1.85 bits per heavy atom. The van der Waals surface area contributed by atoms with Gasteiger partial charge in [0, 0.05) is 53.2 Å². The van der Waals surface area contributed by atoms with Crippen LogP contribution in [0, 0.1) is 0 Å². The van der Waals surface area contributed by atoms with Crippen LogP contribution in [0.25, 0.3) is 0 Å². The highest BCUT2D eigenvalue weighted by Gasteiger charge is 2.42. The Bertz CT molecular complexity index is 3520. The molecule has 6 saturated heterocycles. The Morgan fingerprint density at radius 1 is 0.621 bits per heavy atom. The van der Waals surface area contributed by atoms with Gasteiger partial charge in [0.2, 0.25) is 70.9 Å². The van der Waals surface area contributed by atoms with Gasteiger partial charge in [-0.2, -0.15) is 0 Å². The molecule has 22 N–H and O–H groups in total. The zero-order valence-electron chi connectivity index (χ0n) is 54.8. The summed E-state index contributed by atoms with van der Waals surface area (Å²) in [5, 5.41) is 79.4. The highest BCUT2D eigenvalue weighted by molar-refractivity contribution is 8.77. The summed E-state index contributed by atoms with van der Waals surface area (Å²) in [5.41, 5.74) is 12.2. The minimum Gasteiger partial charge on any atom is -0.508 e. The highest BCUT2D eigenvalue weighted by Crippen LogP contribution is 2.29. The third-order valence-corrected chi connectivity index (χ3v) is 22.9. The molecular weight excluding hydrogens is 1480 g/mol. The standard InChI is InChI=1S/C59H78N16O22S6/c1-25-45(83)73-56-55(93)71-43(26(2)76)54(92)62-18-41(80)64-35(52(90)72-44(58(95)96)28-7-11-30(78)12-8-28)20-98-24-99-21-36-49(87)69-37(51(89)67-34(17-40(61)79)57(94)75-15-3-4-39(75)53(91)63-25)22-101-100-19-31(60)46(84)68-38(23-102-103-56)50(88)65-32(13-14-42(81)82)47(85)66-33(48(86)74-59(97)70-36)16-27-5-9-29(77)10-6-27/h5-12,25-26,31-39,43-44,56,76-78H,3-4,13-24,60H2,1-2H3,(H2,61,79)(H,62,92)(H,63,91)(H,64,80)(H,65,88)(H,66,85)(H,67,89)(H,68,84)(H,69,87)(H,71,93)(H,72,90)(H,73,83)(H,81,82)(H,95,96)(H2,70,74,86,97). The highest BCUT2D eigenvalue weighted by atomic mass is 33.1. The summed E-state index contributed by atoms with van der Waals surface area (Å²) < 4.78 is 0. The number of hydrogen-bond acceptors (Lipinski definition) is 27. The number of nitrogens with zero attached hydrogens (tertiary/aromatic N) is 1. The molecule has 0 aliphatic carbocycles. The van der Waals surface area contributed by atoms with Crippen LogP contribution in [0.2, 0.25) is 0 Å². The lowest BCUT2D eigenvalue weighted by atomic mass is 10.0. The van der Waals surface area contributed by atoms with Gasteiger partial charge in [0.15, 0.2) is 11.4 Å². The fourth-order valence-corrected chi connectivity index (χ4v) is 16.8. The number of benzene rings is 2. The Morgan fingerprint density at radius 2 is 1.21 bits per heavy atom. The van der Waals surface area contributed by atoms with E-state index in [-0.39, 0.29) is 52.9 Å². The maximum Gasteiger partial charge on any atom is 0.330 e. The molecule has 6 aliphatic rings. The van der Waals surface area contributed by atoms with Crippen molar-refractivity contribution in [2.45, 2.75) is 136 Å². The fraction of sp³-hybridized carbons (Fsp3) is 0.508. The van der Waals surface area contributed by atoms with Crippen molar-refractivity contribution in [3.05, 3.63) is 59.7 Å². The summed E-state index contributed by atoms with van der Waals surface area (Å²) in [6.45, 7) is 1.06. The number of aromatic hydroxyl groups is 2. The van der Waals surface area contributed by atoms with E-state index in [2.05, 4.69) is 63.8 Å². The topological polar surface area (TPSA) is 603 Å². The second kappa shape index (κ2) is 40.2. The number of amides is 16. The molecule has 2 aromatic carbocycles. The van der Waals surface area contributed by atoms with Crippen molar-refractivity contribution in [3.63, 3.8) is 0 Å². The van der Waals surface area contributed by atoms with E-state index in [1.807, 2.05) is 5.32 Å². The predicted molar refractivity (Wildman–Crippen MR) is 375 cm³/mol. The minimum atomic E-state index is -2.00. The number of carbonyl (C=O) groups is 17. The number of carbonyl (C=O) groups excluding carboxylic acids is 15. The number of nitrogens with two attached hydrogens (primary N) is 2. The molecule has 0 spiro atoms. The Balaban J connectivity index is 1.55. The number of fused-ring (bicyclic) bond motifs is 16. The molecule has 0 aromatic heterocycles. The average molecular weight is 1560 g/mol. The van der Waals surface area contributed by atoms with Crippen LogP contribution in [0.4, 0.5) is 4.79 Å². The van der Waals surface area contributed by atoms with Crippen molar-refractivity contribution in [3.8, 4) is 11.5 Å². The number of aliphatic hydroxyl groups is 1. The molecule has 562 valence electrons. The van der Waals surface area contributed by atoms with Gasteiger partial charge in [-0.3, -0.25) is 77.2 Å². The lowest BCUT2D eigenvalue weighted by Gasteiger charge is -2.30. The van der Waals surface area contributed by atoms with Gasteiger partial charge >= 0.3 is 18.0 Å². The Hall–Kier alpha value is -8.95. The van der Waals surface area contributed by atoms with Crippen LogP contribution in [0.15, 0.2) is 48.5 Å². The number of carboxylic acids is 2. The molecular formula is C59H78N16O22S6. The minimum absolute atomic E-state index is 0.0321. The largest absolute Gasteiger partial charge is 0.508 e. The number of phenols is 2. The van der Waals surface area contributed by atoms with Gasteiger partial charge in [-0.15, -0.1) is 23.5 Å². The number of phenolic OH excluding ortho intramolecular Hbond substituents is 2. The van der Waals surface area contributed by atoms with Crippen molar-refractivity contribution in [1.82, 2.24) is 74.0 Å². The number of thioether (sulfide) groups is 2. The number of carboxylic acid groups (broad SMARTS) is 2. The van der Waals surface area contributed by atoms with E-state index in [1.54, 1.807) is 0 Å². The van der Waals surface area contributed by atoms with Gasteiger partial charge < -0.3 is 106 Å². The van der Waals surface area contributed by atoms with E-state index >= 15 is 0 Å². The maximum atomic E-state index is 14.9. The quantitative estimate of drug-likeness (QED) is 0.0695. The summed E-state index contributed by atoms with van der Waals surface area (Å²) in [7, 11) is 2.62. The second-order valence-electron chi connectivity index (χ2n) is 23.5. The molecule has 8 rings (SSSR count). The molecule has 14 unspecified atom stereocenters. The Kier molecular flexibility index (Phi) is 32.4. The molecule has 0 saturated carbocycles. The third kappa shape index (κ3) is 26.1. The lowest BCUT2D eigenvalue weighted by molar-refractivity contribution is -0.143. The maximum absolute atomic E-state index is 14.9. The number of primary amides is 1. The number of aliphatic carboxylic acids is 2. The normalized spacial score (nSPS) is 27.2. The number of urea groups is 1. The van der Waals surface area contributed by atoms with Gasteiger partial charge in [-0.25, -0.2) is 9.59 Å². The van der Waals surface area contributed by atoms with E-state index in [1.165, 1.54) is 36.4 Å². The van der Waals surface area contributed by atoms with E-state index in [4.69, 9.17) is 11.5 Å². The molecule has 103 heavy (non-hydrogen) atoms. The molecule has 38 nitrogen and oxygen atoms in total. The first kappa shape index (κ1) is 83.0. The Labute approximate surface area is 610 Å². The van der Waals surface area contributed by atoms with Gasteiger partial charge in [0.25, 0.3) is 11.8 Å².